The van der Waals surface area contributed by atoms with Gasteiger partial charge in [0.1, 0.15) is 0 Å². The van der Waals surface area contributed by atoms with Crippen LogP contribution >= 0.6 is 0 Å². The van der Waals surface area contributed by atoms with Crippen LogP contribution in [0.15, 0.2) is 30.3 Å². The molecular formula is C10H15N3O2. The van der Waals surface area contributed by atoms with E-state index in [4.69, 9.17) is 0 Å². The highest BCUT2D eigenvalue weighted by molar-refractivity contribution is 5.14. The van der Waals surface area contributed by atoms with Crippen LogP contribution in [0.3, 0.4) is 0 Å². The van der Waals surface area contributed by atoms with Crippen molar-refractivity contribution in [3.8, 4) is 0 Å². The van der Waals surface area contributed by atoms with Gasteiger partial charge in [-0.05, 0) is 5.56 Å². The highest BCUT2D eigenvalue weighted by atomic mass is 16.6. The molecule has 0 saturated heterocycles. The number of nitrogens with one attached hydrogen (secondary N) is 2. The number of hydrogen-bond donors (Lipinski definition) is 2. The van der Waals surface area contributed by atoms with E-state index in [0.717, 1.165) is 13.1 Å². The standard InChI is InChI=1S/C10H15N3O2/c14-13(15)9-12-7-6-11-8-10-4-2-1-3-5-10/h1-5,11-12H,6-9H2. The summed E-state index contributed by atoms with van der Waals surface area (Å²) >= 11 is 0. The molecule has 0 aliphatic carbocycles. The van der Waals surface area contributed by atoms with Crippen molar-refractivity contribution in [1.29, 1.82) is 0 Å². The molecule has 0 amide bonds. The maximum Gasteiger partial charge on any atom is 0.256 e. The fraction of sp³-hybridized carbons (Fsp3) is 0.400. The second-order valence-corrected chi connectivity index (χ2v) is 3.15. The molecule has 0 fully saturated rings. The highest BCUT2D eigenvalue weighted by Crippen LogP contribution is 1.96. The molecule has 0 aliphatic rings. The summed E-state index contributed by atoms with van der Waals surface area (Å²) in [5.74, 6) is 0. The van der Waals surface area contributed by atoms with Crippen LogP contribution in [-0.2, 0) is 6.54 Å². The van der Waals surface area contributed by atoms with E-state index in [2.05, 4.69) is 10.6 Å². The highest BCUT2D eigenvalue weighted by Gasteiger charge is 1.94. The Balaban J connectivity index is 2.00. The number of rotatable bonds is 7. The van der Waals surface area contributed by atoms with Gasteiger partial charge >= 0.3 is 0 Å². The van der Waals surface area contributed by atoms with Crippen LogP contribution in [0.2, 0.25) is 0 Å². The molecule has 5 heteroatoms. The van der Waals surface area contributed by atoms with Gasteiger partial charge in [-0.1, -0.05) is 30.3 Å². The van der Waals surface area contributed by atoms with Crippen LogP contribution in [-0.4, -0.2) is 24.7 Å². The van der Waals surface area contributed by atoms with E-state index in [1.165, 1.54) is 5.56 Å². The summed E-state index contributed by atoms with van der Waals surface area (Å²) in [6.07, 6.45) is 0. The Bertz CT molecular complexity index is 290. The first-order valence-corrected chi connectivity index (χ1v) is 4.86. The van der Waals surface area contributed by atoms with Gasteiger partial charge in [-0.15, -0.1) is 0 Å². The van der Waals surface area contributed by atoms with E-state index in [0.29, 0.717) is 6.54 Å². The monoisotopic (exact) mass is 209 g/mol. The molecule has 15 heavy (non-hydrogen) atoms. The summed E-state index contributed by atoms with van der Waals surface area (Å²) in [7, 11) is 0. The van der Waals surface area contributed by atoms with Gasteiger partial charge in [0.25, 0.3) is 6.67 Å². The van der Waals surface area contributed by atoms with Gasteiger partial charge in [-0.25, -0.2) is 0 Å². The van der Waals surface area contributed by atoms with Gasteiger partial charge < -0.3 is 5.32 Å². The van der Waals surface area contributed by atoms with Crippen molar-refractivity contribution < 1.29 is 4.92 Å². The predicted molar refractivity (Wildman–Crippen MR) is 58.0 cm³/mol. The van der Waals surface area contributed by atoms with Crippen molar-refractivity contribution in [2.24, 2.45) is 0 Å². The maximum absolute atomic E-state index is 9.98. The Labute approximate surface area is 88.6 Å². The molecule has 0 bridgehead atoms. The molecule has 2 N–H and O–H groups in total. The van der Waals surface area contributed by atoms with Crippen molar-refractivity contribution in [3.05, 3.63) is 46.0 Å². The lowest BCUT2D eigenvalue weighted by atomic mass is 10.2. The molecule has 0 aromatic heterocycles. The average molecular weight is 209 g/mol. The topological polar surface area (TPSA) is 67.2 Å². The van der Waals surface area contributed by atoms with E-state index in [1.54, 1.807) is 0 Å². The molecular weight excluding hydrogens is 194 g/mol. The molecule has 5 nitrogen and oxygen atoms in total. The van der Waals surface area contributed by atoms with Gasteiger partial charge in [0, 0.05) is 24.6 Å². The third kappa shape index (κ3) is 5.77. The summed E-state index contributed by atoms with van der Waals surface area (Å²) in [4.78, 5) is 9.60. The summed E-state index contributed by atoms with van der Waals surface area (Å²) in [6, 6.07) is 10.0. The van der Waals surface area contributed by atoms with Crippen LogP contribution in [0.1, 0.15) is 5.56 Å². The molecule has 0 heterocycles. The molecule has 0 radical (unpaired) electrons. The first-order chi connectivity index (χ1) is 7.29. The molecule has 0 spiro atoms. The van der Waals surface area contributed by atoms with Crippen LogP contribution < -0.4 is 10.6 Å². The molecule has 82 valence electrons. The fourth-order valence-corrected chi connectivity index (χ4v) is 1.18. The first kappa shape index (κ1) is 11.6. The number of nitro groups is 1. The van der Waals surface area contributed by atoms with Gasteiger partial charge in [-0.3, -0.25) is 15.4 Å². The second-order valence-electron chi connectivity index (χ2n) is 3.15. The average Bonchev–Trinajstić information content (AvgIpc) is 2.24. The normalized spacial score (nSPS) is 10.1. The molecule has 0 unspecified atom stereocenters. The smallest absolute Gasteiger partial charge is 0.256 e. The van der Waals surface area contributed by atoms with Crippen molar-refractivity contribution in [3.63, 3.8) is 0 Å². The van der Waals surface area contributed by atoms with Gasteiger partial charge in [0.2, 0.25) is 0 Å². The minimum absolute atomic E-state index is 0.174. The Hall–Kier alpha value is -1.46. The zero-order valence-corrected chi connectivity index (χ0v) is 8.48. The van der Waals surface area contributed by atoms with Crippen LogP contribution in [0, 0.1) is 10.1 Å². The Kier molecular flexibility index (Phi) is 5.35. The van der Waals surface area contributed by atoms with Gasteiger partial charge in [0.15, 0.2) is 0 Å². The molecule has 0 aliphatic heterocycles. The van der Waals surface area contributed by atoms with E-state index in [-0.39, 0.29) is 11.6 Å². The van der Waals surface area contributed by atoms with Crippen LogP contribution in [0.5, 0.6) is 0 Å². The van der Waals surface area contributed by atoms with Crippen molar-refractivity contribution in [2.75, 3.05) is 19.8 Å². The first-order valence-electron chi connectivity index (χ1n) is 4.86. The van der Waals surface area contributed by atoms with Gasteiger partial charge in [0.05, 0.1) is 0 Å². The Morgan fingerprint density at radius 3 is 2.47 bits per heavy atom. The molecule has 1 aromatic rings. The van der Waals surface area contributed by atoms with Crippen LogP contribution in [0.4, 0.5) is 0 Å². The van der Waals surface area contributed by atoms with Gasteiger partial charge in [-0.2, -0.15) is 0 Å². The number of nitrogens with zero attached hydrogens (tertiary/aromatic N) is 1. The zero-order chi connectivity index (χ0) is 10.9. The summed E-state index contributed by atoms with van der Waals surface area (Å²) in [6.45, 7) is 1.95. The Morgan fingerprint density at radius 1 is 1.13 bits per heavy atom. The molecule has 0 saturated carbocycles. The zero-order valence-electron chi connectivity index (χ0n) is 8.48. The van der Waals surface area contributed by atoms with E-state index >= 15 is 0 Å². The lowest BCUT2D eigenvalue weighted by Crippen LogP contribution is -2.30. The lowest BCUT2D eigenvalue weighted by molar-refractivity contribution is -0.485. The van der Waals surface area contributed by atoms with Crippen molar-refractivity contribution >= 4 is 0 Å². The summed E-state index contributed by atoms with van der Waals surface area (Å²) in [5.41, 5.74) is 1.21. The van der Waals surface area contributed by atoms with Crippen LogP contribution in [0.25, 0.3) is 0 Å². The number of hydrogen-bond acceptors (Lipinski definition) is 4. The number of benzene rings is 1. The van der Waals surface area contributed by atoms with Crippen molar-refractivity contribution in [1.82, 2.24) is 10.6 Å². The van der Waals surface area contributed by atoms with E-state index in [1.807, 2.05) is 30.3 Å². The minimum atomic E-state index is -0.378. The SMILES string of the molecule is O=[N+]([O-])CNCCNCc1ccccc1. The third-order valence-electron chi connectivity index (χ3n) is 1.89. The molecule has 1 aromatic carbocycles. The predicted octanol–water partition coefficient (Wildman–Crippen LogP) is 0.600. The second kappa shape index (κ2) is 6.92. The molecule has 1 rings (SSSR count). The fourth-order valence-electron chi connectivity index (χ4n) is 1.18. The maximum atomic E-state index is 9.98. The molecule has 0 atom stereocenters. The van der Waals surface area contributed by atoms with E-state index in [9.17, 15) is 10.1 Å². The quantitative estimate of drug-likeness (QED) is 0.299. The summed E-state index contributed by atoms with van der Waals surface area (Å²) < 4.78 is 0. The summed E-state index contributed by atoms with van der Waals surface area (Å²) in [5, 5.41) is 15.9. The lowest BCUT2D eigenvalue weighted by Gasteiger charge is -2.04. The minimum Gasteiger partial charge on any atom is -0.311 e. The largest absolute Gasteiger partial charge is 0.311 e. The van der Waals surface area contributed by atoms with Crippen molar-refractivity contribution in [2.45, 2.75) is 6.54 Å². The third-order valence-corrected chi connectivity index (χ3v) is 1.89. The Morgan fingerprint density at radius 2 is 1.80 bits per heavy atom. The van der Waals surface area contributed by atoms with E-state index < -0.39 is 0 Å².